The maximum Gasteiger partial charge on any atom is 0.326 e. The first-order chi connectivity index (χ1) is 13.5. The van der Waals surface area contributed by atoms with Crippen LogP contribution in [0.2, 0.25) is 0 Å². The zero-order valence-corrected chi connectivity index (χ0v) is 17.6. The third kappa shape index (κ3) is 6.42. The normalized spacial score (nSPS) is 17.4. The van der Waals surface area contributed by atoms with E-state index < -0.39 is 18.1 Å². The summed E-state index contributed by atoms with van der Waals surface area (Å²) in [7, 11) is 0. The van der Waals surface area contributed by atoms with Crippen LogP contribution in [0.3, 0.4) is 0 Å². The smallest absolute Gasteiger partial charge is 0.326 e. The molecule has 0 saturated heterocycles. The van der Waals surface area contributed by atoms with E-state index in [1.165, 1.54) is 11.8 Å². The van der Waals surface area contributed by atoms with E-state index in [0.29, 0.717) is 37.4 Å². The summed E-state index contributed by atoms with van der Waals surface area (Å²) in [6.07, 6.45) is 2.69. The molecule has 2 unspecified atom stereocenters. The van der Waals surface area contributed by atoms with E-state index in [4.69, 9.17) is 0 Å². The number of benzene rings is 1. The summed E-state index contributed by atoms with van der Waals surface area (Å²) in [5, 5.41) is 14.8. The second kappa shape index (κ2) is 11.3. The summed E-state index contributed by atoms with van der Waals surface area (Å²) in [6, 6.07) is 6.28. The third-order valence-electron chi connectivity index (χ3n) is 4.65. The SMILES string of the molecule is CSCCC(NC(=O)C1Cc2ccccc2CN1CC(=O)NCCS)C(=O)O. The molecule has 1 aromatic carbocycles. The Balaban J connectivity index is 2.15. The molecule has 9 heteroatoms. The second-order valence-electron chi connectivity index (χ2n) is 6.65. The highest BCUT2D eigenvalue weighted by Gasteiger charge is 2.34. The number of thiol groups is 1. The second-order valence-corrected chi connectivity index (χ2v) is 8.08. The number of fused-ring (bicyclic) bond motifs is 1. The first-order valence-corrected chi connectivity index (χ1v) is 11.2. The van der Waals surface area contributed by atoms with E-state index in [9.17, 15) is 19.5 Å². The maximum absolute atomic E-state index is 12.9. The Hall–Kier alpha value is -1.71. The number of nitrogens with zero attached hydrogens (tertiary/aromatic N) is 1. The molecule has 0 aromatic heterocycles. The van der Waals surface area contributed by atoms with Crippen molar-refractivity contribution >= 4 is 42.2 Å². The van der Waals surface area contributed by atoms with Crippen LogP contribution in [0.5, 0.6) is 0 Å². The van der Waals surface area contributed by atoms with E-state index in [2.05, 4.69) is 23.3 Å². The van der Waals surface area contributed by atoms with Gasteiger partial charge in [0, 0.05) is 18.8 Å². The van der Waals surface area contributed by atoms with Crippen LogP contribution < -0.4 is 10.6 Å². The lowest BCUT2D eigenvalue weighted by molar-refractivity contribution is -0.143. The molecule has 3 N–H and O–H groups in total. The summed E-state index contributed by atoms with van der Waals surface area (Å²) in [4.78, 5) is 38.4. The number of rotatable bonds is 10. The van der Waals surface area contributed by atoms with Gasteiger partial charge in [0.05, 0.1) is 12.6 Å². The molecule has 0 bridgehead atoms. The monoisotopic (exact) mass is 425 g/mol. The molecule has 2 rings (SSSR count). The van der Waals surface area contributed by atoms with Crippen LogP contribution in [0, 0.1) is 0 Å². The molecule has 1 aromatic rings. The highest BCUT2D eigenvalue weighted by atomic mass is 32.2. The van der Waals surface area contributed by atoms with Crippen LogP contribution in [-0.4, -0.2) is 70.7 Å². The van der Waals surface area contributed by atoms with Crippen LogP contribution in [-0.2, 0) is 27.3 Å². The van der Waals surface area contributed by atoms with Crippen molar-refractivity contribution in [1.82, 2.24) is 15.5 Å². The van der Waals surface area contributed by atoms with Crippen molar-refractivity contribution in [2.75, 3.05) is 30.9 Å². The largest absolute Gasteiger partial charge is 0.480 e. The molecule has 154 valence electrons. The van der Waals surface area contributed by atoms with Crippen molar-refractivity contribution in [3.8, 4) is 0 Å². The molecule has 28 heavy (non-hydrogen) atoms. The quantitative estimate of drug-likeness (QED) is 0.414. The number of carboxylic acid groups (broad SMARTS) is 1. The van der Waals surface area contributed by atoms with Crippen LogP contribution in [0.25, 0.3) is 0 Å². The van der Waals surface area contributed by atoms with Crippen LogP contribution in [0.1, 0.15) is 17.5 Å². The molecule has 0 spiro atoms. The van der Waals surface area contributed by atoms with Gasteiger partial charge in [-0.3, -0.25) is 14.5 Å². The predicted molar refractivity (Wildman–Crippen MR) is 114 cm³/mol. The zero-order valence-electron chi connectivity index (χ0n) is 15.9. The highest BCUT2D eigenvalue weighted by Crippen LogP contribution is 2.23. The molecule has 2 atom stereocenters. The number of nitrogens with one attached hydrogen (secondary N) is 2. The van der Waals surface area contributed by atoms with Crippen LogP contribution in [0.4, 0.5) is 0 Å². The molecule has 0 saturated carbocycles. The number of hydrogen-bond donors (Lipinski definition) is 4. The molecule has 2 amide bonds. The first-order valence-electron chi connectivity index (χ1n) is 9.16. The average molecular weight is 426 g/mol. The van der Waals surface area contributed by atoms with Crippen molar-refractivity contribution in [2.45, 2.75) is 31.5 Å². The minimum atomic E-state index is -1.04. The standard InChI is InChI=1S/C19H27N3O4S2/c1-28-9-6-15(19(25)26)21-18(24)16-10-13-4-2-3-5-14(13)11-22(16)12-17(23)20-7-8-27/h2-5,15-16,27H,6-12H2,1H3,(H,20,23)(H,21,24)(H,25,26). The topological polar surface area (TPSA) is 98.7 Å². The van der Waals surface area contributed by atoms with Crippen LogP contribution >= 0.6 is 24.4 Å². The number of carbonyl (C=O) groups excluding carboxylic acids is 2. The van der Waals surface area contributed by atoms with Gasteiger partial charge in [-0.05, 0) is 36.0 Å². The highest BCUT2D eigenvalue weighted by molar-refractivity contribution is 7.98. The lowest BCUT2D eigenvalue weighted by Crippen LogP contribution is -2.55. The molecular weight excluding hydrogens is 398 g/mol. The minimum absolute atomic E-state index is 0.0722. The Morgan fingerprint density at radius 3 is 2.68 bits per heavy atom. The third-order valence-corrected chi connectivity index (χ3v) is 5.52. The Bertz CT molecular complexity index is 702. The minimum Gasteiger partial charge on any atom is -0.480 e. The van der Waals surface area contributed by atoms with E-state index in [1.54, 1.807) is 4.90 Å². The van der Waals surface area contributed by atoms with E-state index in [1.807, 2.05) is 30.5 Å². The van der Waals surface area contributed by atoms with Gasteiger partial charge < -0.3 is 15.7 Å². The summed E-state index contributed by atoms with van der Waals surface area (Å²) in [5.74, 6) is -0.403. The van der Waals surface area contributed by atoms with E-state index in [0.717, 1.165) is 11.1 Å². The van der Waals surface area contributed by atoms with Gasteiger partial charge in [0.25, 0.3) is 0 Å². The summed E-state index contributed by atoms with van der Waals surface area (Å²) >= 11 is 5.62. The van der Waals surface area contributed by atoms with E-state index in [-0.39, 0.29) is 18.4 Å². The summed E-state index contributed by atoms with van der Waals surface area (Å²) in [6.45, 7) is 0.993. The molecule has 0 aliphatic carbocycles. The number of hydrogen-bond acceptors (Lipinski definition) is 6. The Morgan fingerprint density at radius 2 is 2.04 bits per heavy atom. The Kier molecular flexibility index (Phi) is 9.14. The van der Waals surface area contributed by atoms with E-state index >= 15 is 0 Å². The molecule has 0 radical (unpaired) electrons. The Morgan fingerprint density at radius 1 is 1.32 bits per heavy atom. The summed E-state index contributed by atoms with van der Waals surface area (Å²) in [5.41, 5.74) is 2.12. The molecule has 1 aliphatic rings. The van der Waals surface area contributed by atoms with Crippen LogP contribution in [0.15, 0.2) is 24.3 Å². The number of carbonyl (C=O) groups is 3. The Labute approximate surface area is 175 Å². The molecular formula is C19H27N3O4S2. The zero-order chi connectivity index (χ0) is 20.5. The van der Waals surface area contributed by atoms with Crippen molar-refractivity contribution in [2.24, 2.45) is 0 Å². The number of carboxylic acids is 1. The van der Waals surface area contributed by atoms with Gasteiger partial charge in [0.15, 0.2) is 0 Å². The van der Waals surface area contributed by atoms with Crippen molar-refractivity contribution in [1.29, 1.82) is 0 Å². The molecule has 1 heterocycles. The molecule has 0 fully saturated rings. The van der Waals surface area contributed by atoms with Gasteiger partial charge in [-0.15, -0.1) is 0 Å². The van der Waals surface area contributed by atoms with Gasteiger partial charge in [-0.2, -0.15) is 24.4 Å². The lowest BCUT2D eigenvalue weighted by atomic mass is 9.93. The average Bonchev–Trinajstić information content (AvgIpc) is 2.68. The van der Waals surface area contributed by atoms with Gasteiger partial charge in [-0.25, -0.2) is 4.79 Å². The fourth-order valence-electron chi connectivity index (χ4n) is 3.20. The molecule has 7 nitrogen and oxygen atoms in total. The van der Waals surface area contributed by atoms with Gasteiger partial charge >= 0.3 is 5.97 Å². The summed E-state index contributed by atoms with van der Waals surface area (Å²) < 4.78 is 0. The number of aliphatic carboxylic acids is 1. The molecule has 1 aliphatic heterocycles. The predicted octanol–water partition coefficient (Wildman–Crippen LogP) is 0.782. The maximum atomic E-state index is 12.9. The lowest BCUT2D eigenvalue weighted by Gasteiger charge is -2.36. The van der Waals surface area contributed by atoms with Gasteiger partial charge in [-0.1, -0.05) is 24.3 Å². The van der Waals surface area contributed by atoms with Gasteiger partial charge in [0.1, 0.15) is 6.04 Å². The first kappa shape index (κ1) is 22.6. The van der Waals surface area contributed by atoms with Gasteiger partial charge in [0.2, 0.25) is 11.8 Å². The number of thioether (sulfide) groups is 1. The van der Waals surface area contributed by atoms with Crippen molar-refractivity contribution in [3.63, 3.8) is 0 Å². The van der Waals surface area contributed by atoms with Crippen molar-refractivity contribution < 1.29 is 19.5 Å². The van der Waals surface area contributed by atoms with Crippen molar-refractivity contribution in [3.05, 3.63) is 35.4 Å². The fourth-order valence-corrected chi connectivity index (χ4v) is 3.78. The number of amides is 2. The fraction of sp³-hybridized carbons (Fsp3) is 0.526.